The second-order valence-electron chi connectivity index (χ2n) is 4.44. The van der Waals surface area contributed by atoms with Crippen molar-refractivity contribution in [2.75, 3.05) is 13.6 Å². The molecule has 1 aliphatic heterocycles. The molecule has 0 aliphatic carbocycles. The highest BCUT2D eigenvalue weighted by molar-refractivity contribution is 6.03. The van der Waals surface area contributed by atoms with Gasteiger partial charge in [0, 0.05) is 25.6 Å². The van der Waals surface area contributed by atoms with Crippen LogP contribution in [0.5, 0.6) is 0 Å². The number of likely N-dealkylation sites (tertiary alicyclic amines) is 1. The Bertz CT molecular complexity index is 479. The molecule has 136 valence electrons. The minimum absolute atomic E-state index is 0.180. The second-order valence-corrected chi connectivity index (χ2v) is 4.44. The fraction of sp³-hybridized carbons (Fsp3) is 0.526. The Kier molecular flexibility index (Phi) is 14.5. The van der Waals surface area contributed by atoms with Crippen molar-refractivity contribution in [1.82, 2.24) is 10.2 Å². The molecule has 2 amide bonds. The maximum Gasteiger partial charge on any atom is 0.254 e. The molecule has 0 aromatic rings. The third-order valence-corrected chi connectivity index (χ3v) is 3.27. The Labute approximate surface area is 146 Å². The van der Waals surface area contributed by atoms with Gasteiger partial charge in [-0.1, -0.05) is 52.5 Å². The molecule has 0 saturated carbocycles. The van der Waals surface area contributed by atoms with E-state index in [0.29, 0.717) is 18.5 Å². The number of nitrogens with zero attached hydrogens (tertiary/aromatic N) is 1. The normalized spacial score (nSPS) is 17.4. The van der Waals surface area contributed by atoms with Crippen LogP contribution in [0.1, 0.15) is 47.5 Å². The van der Waals surface area contributed by atoms with Crippen molar-refractivity contribution in [3.63, 3.8) is 0 Å². The molecule has 5 heteroatoms. The van der Waals surface area contributed by atoms with Gasteiger partial charge < -0.3 is 15.0 Å². The quantitative estimate of drug-likeness (QED) is 0.599. The minimum Gasteiger partial charge on any atom is -0.357 e. The molecule has 1 saturated heterocycles. The molecule has 0 bridgehead atoms. The summed E-state index contributed by atoms with van der Waals surface area (Å²) in [6.45, 7) is 13.8. The third-order valence-electron chi connectivity index (χ3n) is 3.27. The van der Waals surface area contributed by atoms with Gasteiger partial charge in [-0.25, -0.2) is 0 Å². The summed E-state index contributed by atoms with van der Waals surface area (Å²) in [5.74, 6) is -0.435. The van der Waals surface area contributed by atoms with E-state index >= 15 is 0 Å². The monoisotopic (exact) mass is 336 g/mol. The van der Waals surface area contributed by atoms with Crippen LogP contribution < -0.4 is 5.32 Å². The van der Waals surface area contributed by atoms with Gasteiger partial charge in [-0.05, 0) is 18.9 Å². The Balaban J connectivity index is 0. The SMILES string of the molecule is C=C/C=C1/CN(C(CCC=O)C(=O)NC)C(=O)/C1=C/C.CC.CC. The molecule has 1 N–H and O–H groups in total. The molecular weight excluding hydrogens is 304 g/mol. The van der Waals surface area contributed by atoms with E-state index in [-0.39, 0.29) is 18.2 Å². The van der Waals surface area contributed by atoms with E-state index in [9.17, 15) is 14.4 Å². The van der Waals surface area contributed by atoms with E-state index in [1.165, 1.54) is 11.9 Å². The molecule has 0 radical (unpaired) electrons. The molecule has 24 heavy (non-hydrogen) atoms. The molecule has 0 spiro atoms. The highest BCUT2D eigenvalue weighted by Crippen LogP contribution is 2.26. The van der Waals surface area contributed by atoms with E-state index in [1.807, 2.05) is 27.7 Å². The largest absolute Gasteiger partial charge is 0.357 e. The van der Waals surface area contributed by atoms with Gasteiger partial charge >= 0.3 is 0 Å². The molecule has 1 heterocycles. The van der Waals surface area contributed by atoms with Crippen molar-refractivity contribution in [1.29, 1.82) is 0 Å². The summed E-state index contributed by atoms with van der Waals surface area (Å²) < 4.78 is 0. The summed E-state index contributed by atoms with van der Waals surface area (Å²) in [6.07, 6.45) is 6.45. The summed E-state index contributed by atoms with van der Waals surface area (Å²) in [4.78, 5) is 36.3. The summed E-state index contributed by atoms with van der Waals surface area (Å²) in [6, 6.07) is -0.622. The summed E-state index contributed by atoms with van der Waals surface area (Å²) >= 11 is 0. The molecular formula is C19H32N2O3. The number of carbonyl (C=O) groups excluding carboxylic acids is 3. The van der Waals surface area contributed by atoms with Crippen molar-refractivity contribution in [2.45, 2.75) is 53.5 Å². The lowest BCUT2D eigenvalue weighted by atomic mass is 10.1. The molecule has 1 unspecified atom stereocenters. The van der Waals surface area contributed by atoms with Crippen molar-refractivity contribution >= 4 is 18.1 Å². The van der Waals surface area contributed by atoms with Gasteiger partial charge in [-0.3, -0.25) is 9.59 Å². The highest BCUT2D eigenvalue weighted by Gasteiger charge is 2.37. The van der Waals surface area contributed by atoms with E-state index < -0.39 is 6.04 Å². The van der Waals surface area contributed by atoms with Crippen LogP contribution in [0.25, 0.3) is 0 Å². The molecule has 0 aromatic carbocycles. The molecule has 1 rings (SSSR count). The van der Waals surface area contributed by atoms with Crippen LogP contribution in [-0.4, -0.2) is 42.6 Å². The number of amides is 2. The highest BCUT2D eigenvalue weighted by atomic mass is 16.2. The number of likely N-dealkylation sites (N-methyl/N-ethyl adjacent to an activating group) is 1. The van der Waals surface area contributed by atoms with Gasteiger partial charge in [0.1, 0.15) is 12.3 Å². The summed E-state index contributed by atoms with van der Waals surface area (Å²) in [5.41, 5.74) is 1.43. The first-order valence-electron chi connectivity index (χ1n) is 8.55. The zero-order chi connectivity index (χ0) is 19.1. The van der Waals surface area contributed by atoms with E-state index in [4.69, 9.17) is 0 Å². The van der Waals surface area contributed by atoms with Gasteiger partial charge in [0.25, 0.3) is 5.91 Å². The van der Waals surface area contributed by atoms with Crippen LogP contribution in [-0.2, 0) is 14.4 Å². The van der Waals surface area contributed by atoms with Crippen LogP contribution in [0.15, 0.2) is 36.0 Å². The number of hydrogen-bond donors (Lipinski definition) is 1. The Morgan fingerprint density at radius 1 is 1.33 bits per heavy atom. The number of hydrogen-bond acceptors (Lipinski definition) is 3. The lowest BCUT2D eigenvalue weighted by molar-refractivity contribution is -0.136. The van der Waals surface area contributed by atoms with Crippen molar-refractivity contribution < 1.29 is 14.4 Å². The summed E-state index contributed by atoms with van der Waals surface area (Å²) in [5, 5.41) is 2.54. The number of rotatable bonds is 6. The van der Waals surface area contributed by atoms with Gasteiger partial charge in [-0.2, -0.15) is 0 Å². The van der Waals surface area contributed by atoms with Crippen LogP contribution in [0, 0.1) is 0 Å². The number of allylic oxidation sites excluding steroid dienone is 3. The first-order chi connectivity index (χ1) is 11.6. The van der Waals surface area contributed by atoms with Crippen molar-refractivity contribution in [3.05, 3.63) is 36.0 Å². The van der Waals surface area contributed by atoms with Crippen molar-refractivity contribution in [2.24, 2.45) is 0 Å². The smallest absolute Gasteiger partial charge is 0.254 e. The van der Waals surface area contributed by atoms with Crippen LogP contribution in [0.3, 0.4) is 0 Å². The predicted octanol–water partition coefficient (Wildman–Crippen LogP) is 3.03. The standard InChI is InChI=1S/C15H20N2O3.2C2H6/c1-4-7-11-10-17(15(20)12(11)5-2)13(8-6-9-18)14(19)16-3;2*1-2/h4-5,7,9,13H,1,6,8,10H2,2-3H3,(H,16,19);2*1-2H3/b11-7-,12-5+;;. The summed E-state index contributed by atoms with van der Waals surface area (Å²) in [7, 11) is 1.52. The zero-order valence-corrected chi connectivity index (χ0v) is 15.9. The number of aldehydes is 1. The third kappa shape index (κ3) is 6.52. The maximum absolute atomic E-state index is 12.4. The lowest BCUT2D eigenvalue weighted by Crippen LogP contribution is -2.46. The van der Waals surface area contributed by atoms with Gasteiger partial charge in [0.2, 0.25) is 5.91 Å². The van der Waals surface area contributed by atoms with Gasteiger partial charge in [0.15, 0.2) is 0 Å². The fourth-order valence-electron chi connectivity index (χ4n) is 2.30. The van der Waals surface area contributed by atoms with Gasteiger partial charge in [-0.15, -0.1) is 0 Å². The van der Waals surface area contributed by atoms with Crippen LogP contribution >= 0.6 is 0 Å². The molecule has 5 nitrogen and oxygen atoms in total. The zero-order valence-electron chi connectivity index (χ0n) is 15.9. The minimum atomic E-state index is -0.622. The average Bonchev–Trinajstić information content (AvgIpc) is 2.94. The van der Waals surface area contributed by atoms with Gasteiger partial charge in [0.05, 0.1) is 0 Å². The molecule has 1 atom stereocenters. The maximum atomic E-state index is 12.4. The Morgan fingerprint density at radius 3 is 2.33 bits per heavy atom. The Morgan fingerprint density at radius 2 is 1.92 bits per heavy atom. The van der Waals surface area contributed by atoms with E-state index in [0.717, 1.165) is 11.9 Å². The number of carbonyl (C=O) groups is 3. The predicted molar refractivity (Wildman–Crippen MR) is 99.6 cm³/mol. The first kappa shape index (κ1) is 24.1. The lowest BCUT2D eigenvalue weighted by Gasteiger charge is -2.25. The van der Waals surface area contributed by atoms with E-state index in [1.54, 1.807) is 25.2 Å². The fourth-order valence-corrected chi connectivity index (χ4v) is 2.30. The van der Waals surface area contributed by atoms with Crippen LogP contribution in [0.2, 0.25) is 0 Å². The van der Waals surface area contributed by atoms with Crippen LogP contribution in [0.4, 0.5) is 0 Å². The second kappa shape index (κ2) is 14.4. The Hall–Kier alpha value is -2.17. The van der Waals surface area contributed by atoms with E-state index in [2.05, 4.69) is 11.9 Å². The first-order valence-corrected chi connectivity index (χ1v) is 8.55. The average molecular weight is 336 g/mol. The molecule has 1 fully saturated rings. The number of nitrogens with one attached hydrogen (secondary N) is 1. The molecule has 1 aliphatic rings. The topological polar surface area (TPSA) is 66.5 Å². The van der Waals surface area contributed by atoms with Crippen molar-refractivity contribution in [3.8, 4) is 0 Å². The molecule has 0 aromatic heterocycles.